The molecule has 2 heterocycles. The molecule has 2 aromatic carbocycles. The first-order valence-corrected chi connectivity index (χ1v) is 14.0. The van der Waals surface area contributed by atoms with Gasteiger partial charge in [0.25, 0.3) is 0 Å². The Balaban J connectivity index is 1.34. The highest BCUT2D eigenvalue weighted by Crippen LogP contribution is 2.40. The number of fused-ring (bicyclic) bond motifs is 2. The predicted octanol–water partition coefficient (Wildman–Crippen LogP) is 3.43. The van der Waals surface area contributed by atoms with Gasteiger partial charge < -0.3 is 39.3 Å². The molecule has 2 atom stereocenters. The Bertz CT molecular complexity index is 1480. The first kappa shape index (κ1) is 32.3. The molecule has 0 unspecified atom stereocenters. The average Bonchev–Trinajstić information content (AvgIpc) is 3.59. The Kier molecular flexibility index (Phi) is 9.80. The zero-order valence-electron chi connectivity index (χ0n) is 24.5. The first-order valence-electron chi connectivity index (χ1n) is 14.0. The van der Waals surface area contributed by atoms with Crippen LogP contribution >= 0.6 is 0 Å². The van der Waals surface area contributed by atoms with Crippen LogP contribution in [-0.4, -0.2) is 69.2 Å². The fraction of sp³-hybridized carbons (Fsp3) is 0.467. The van der Waals surface area contributed by atoms with Crippen molar-refractivity contribution in [2.45, 2.75) is 59.3 Å². The highest BCUT2D eigenvalue weighted by molar-refractivity contribution is 5.83. The van der Waals surface area contributed by atoms with Gasteiger partial charge in [-0.2, -0.15) is 0 Å². The van der Waals surface area contributed by atoms with Crippen molar-refractivity contribution in [1.82, 2.24) is 9.80 Å². The number of aromatic hydroxyl groups is 1. The van der Waals surface area contributed by atoms with Crippen LogP contribution < -0.4 is 14.2 Å². The largest absolute Gasteiger partial charge is 0.504 e. The summed E-state index contributed by atoms with van der Waals surface area (Å²) in [4.78, 5) is 49.9. The third-order valence-corrected chi connectivity index (χ3v) is 7.70. The molecule has 12 nitrogen and oxygen atoms in total. The molecule has 2 amide bonds. The van der Waals surface area contributed by atoms with E-state index < -0.39 is 53.0 Å². The lowest BCUT2D eigenvalue weighted by Gasteiger charge is -2.16. The quantitative estimate of drug-likeness (QED) is 0.283. The smallest absolute Gasteiger partial charge is 0.306 e. The molecular weight excluding hydrogens is 586 g/mol. The van der Waals surface area contributed by atoms with Crippen molar-refractivity contribution in [3.05, 3.63) is 46.0 Å². The maximum atomic E-state index is 15.2. The molecular formula is C30H34F2N2O10. The van der Waals surface area contributed by atoms with Crippen LogP contribution in [0.15, 0.2) is 12.1 Å². The van der Waals surface area contributed by atoms with Gasteiger partial charge in [-0.15, -0.1) is 0 Å². The molecule has 2 aliphatic rings. The first-order chi connectivity index (χ1) is 20.8. The number of rotatable bonds is 13. The third kappa shape index (κ3) is 6.79. The van der Waals surface area contributed by atoms with Gasteiger partial charge in [0, 0.05) is 56.6 Å². The summed E-state index contributed by atoms with van der Waals surface area (Å²) in [6.45, 7) is 2.76. The molecule has 14 heteroatoms. The molecule has 0 aliphatic carbocycles. The molecule has 4 rings (SSSR count). The van der Waals surface area contributed by atoms with Gasteiger partial charge >= 0.3 is 11.9 Å². The van der Waals surface area contributed by atoms with Gasteiger partial charge in [0.1, 0.15) is 0 Å². The molecule has 0 bridgehead atoms. The summed E-state index contributed by atoms with van der Waals surface area (Å²) in [6, 6.07) is 2.87. The van der Waals surface area contributed by atoms with E-state index in [1.54, 1.807) is 6.07 Å². The van der Waals surface area contributed by atoms with Crippen LogP contribution in [0.25, 0.3) is 0 Å². The number of benzene rings is 2. The van der Waals surface area contributed by atoms with Crippen LogP contribution in [0, 0.1) is 23.5 Å². The minimum atomic E-state index is -1.11. The van der Waals surface area contributed by atoms with Crippen molar-refractivity contribution in [3.63, 3.8) is 0 Å². The number of carboxylic acid groups (broad SMARTS) is 2. The number of hydrogen-bond donors (Lipinski definition) is 3. The van der Waals surface area contributed by atoms with E-state index in [9.17, 15) is 24.3 Å². The number of carbonyl (C=O) groups excluding carboxylic acids is 2. The summed E-state index contributed by atoms with van der Waals surface area (Å²) >= 11 is 0. The fourth-order valence-electron chi connectivity index (χ4n) is 5.09. The molecule has 2 aromatic rings. The lowest BCUT2D eigenvalue weighted by atomic mass is 10.1. The zero-order chi connectivity index (χ0) is 32.3. The van der Waals surface area contributed by atoms with E-state index in [0.717, 1.165) is 0 Å². The Morgan fingerprint density at radius 3 is 1.77 bits per heavy atom. The molecule has 0 saturated carbocycles. The van der Waals surface area contributed by atoms with Crippen molar-refractivity contribution < 1.29 is 57.5 Å². The number of carboxylic acids is 2. The lowest BCUT2D eigenvalue weighted by molar-refractivity contribution is -0.145. The number of aliphatic carboxylic acids is 2. The van der Waals surface area contributed by atoms with Crippen LogP contribution in [-0.2, 0) is 45.4 Å². The van der Waals surface area contributed by atoms with Gasteiger partial charge in [0.05, 0.1) is 32.2 Å². The summed E-state index contributed by atoms with van der Waals surface area (Å²) in [5, 5.41) is 28.5. The minimum absolute atomic E-state index is 0.00468. The topological polar surface area (TPSA) is 163 Å². The second-order valence-electron chi connectivity index (χ2n) is 11.0. The second kappa shape index (κ2) is 13.3. The van der Waals surface area contributed by atoms with Crippen molar-refractivity contribution in [2.24, 2.45) is 11.8 Å². The normalized spacial score (nSPS) is 14.9. The number of nitrogens with zero attached hydrogens (tertiary/aromatic N) is 2. The van der Waals surface area contributed by atoms with Crippen LogP contribution in [0.4, 0.5) is 8.78 Å². The Labute approximate surface area is 251 Å². The maximum Gasteiger partial charge on any atom is 0.306 e. The van der Waals surface area contributed by atoms with Gasteiger partial charge in [-0.05, 0) is 23.3 Å². The number of halogens is 2. The summed E-state index contributed by atoms with van der Waals surface area (Å²) in [5.41, 5.74) is 1.33. The van der Waals surface area contributed by atoms with E-state index in [-0.39, 0.29) is 87.0 Å². The van der Waals surface area contributed by atoms with E-state index in [0.29, 0.717) is 11.1 Å². The van der Waals surface area contributed by atoms with Gasteiger partial charge in [0.2, 0.25) is 11.8 Å². The number of phenols is 1. The van der Waals surface area contributed by atoms with Crippen LogP contribution in [0.5, 0.6) is 23.0 Å². The number of hydrogen-bond acceptors (Lipinski definition) is 8. The molecule has 3 N–H and O–H groups in total. The highest BCUT2D eigenvalue weighted by Gasteiger charge is 2.33. The number of methoxy groups -OCH3 is 1. The summed E-state index contributed by atoms with van der Waals surface area (Å²) in [7, 11) is 1.27. The van der Waals surface area contributed by atoms with Crippen LogP contribution in [0.2, 0.25) is 0 Å². The zero-order valence-corrected chi connectivity index (χ0v) is 24.5. The van der Waals surface area contributed by atoms with Crippen LogP contribution in [0.1, 0.15) is 55.4 Å². The Hall–Kier alpha value is -4.62. The van der Waals surface area contributed by atoms with E-state index in [4.69, 9.17) is 24.4 Å². The molecule has 0 aromatic heterocycles. The van der Waals surface area contributed by atoms with Crippen molar-refractivity contribution in [3.8, 4) is 23.0 Å². The van der Waals surface area contributed by atoms with Gasteiger partial charge in [0.15, 0.2) is 34.6 Å². The van der Waals surface area contributed by atoms with Gasteiger partial charge in [-0.3, -0.25) is 19.2 Å². The highest BCUT2D eigenvalue weighted by atomic mass is 19.1. The molecule has 0 saturated heterocycles. The molecule has 0 spiro atoms. The van der Waals surface area contributed by atoms with Gasteiger partial charge in [-0.25, -0.2) is 8.78 Å². The predicted molar refractivity (Wildman–Crippen MR) is 148 cm³/mol. The fourth-order valence-corrected chi connectivity index (χ4v) is 5.09. The van der Waals surface area contributed by atoms with E-state index in [1.165, 1.54) is 36.8 Å². The van der Waals surface area contributed by atoms with Crippen molar-refractivity contribution >= 4 is 23.8 Å². The number of carbonyl (C=O) groups is 4. The molecule has 0 radical (unpaired) electrons. The number of phenolic OH excluding ortho intramolecular Hbond substituents is 1. The van der Waals surface area contributed by atoms with E-state index in [2.05, 4.69) is 0 Å². The Morgan fingerprint density at radius 2 is 1.27 bits per heavy atom. The summed E-state index contributed by atoms with van der Waals surface area (Å²) < 4.78 is 46.9. The van der Waals surface area contributed by atoms with Gasteiger partial charge in [-0.1, -0.05) is 13.8 Å². The van der Waals surface area contributed by atoms with E-state index >= 15 is 8.78 Å². The van der Waals surface area contributed by atoms with Crippen molar-refractivity contribution in [1.29, 1.82) is 0 Å². The molecule has 2 aliphatic heterocycles. The second-order valence-corrected chi connectivity index (χ2v) is 11.0. The average molecular weight is 621 g/mol. The standard InChI is InChI=1S/C30H34F2N2O10/c1-15(29(38)39)7-23(36)33-11-17-9-21(35)27(25(31)19(17)13-33)44-6-4-5-43-22-10-18-12-34(24(37)8-16(2)30(40)41)14-20(18)26(32)28(22)42-3/h9-10,15-16,35H,4-8,11-14H2,1-3H3,(H,38,39)(H,40,41)/t15-,16-/m0/s1. The SMILES string of the molecule is COc1c(OCCCOc2c(O)cc3c(c2F)CN(C(=O)C[C@H](C)C(=O)O)C3)cc2c(c1F)CN(C(=O)C[C@H](C)C(=O)O)C2. The minimum Gasteiger partial charge on any atom is -0.504 e. The summed E-state index contributed by atoms with van der Waals surface area (Å²) in [6.07, 6.45) is -0.247. The van der Waals surface area contributed by atoms with Crippen LogP contribution in [0.3, 0.4) is 0 Å². The number of amides is 2. The monoisotopic (exact) mass is 620 g/mol. The molecule has 44 heavy (non-hydrogen) atoms. The van der Waals surface area contributed by atoms with Crippen molar-refractivity contribution in [2.75, 3.05) is 20.3 Å². The molecule has 0 fully saturated rings. The van der Waals surface area contributed by atoms with E-state index in [1.807, 2.05) is 0 Å². The lowest BCUT2D eigenvalue weighted by Crippen LogP contribution is -2.28. The molecule has 238 valence electrons. The Morgan fingerprint density at radius 1 is 0.795 bits per heavy atom. The number of ether oxygens (including phenoxy) is 3. The maximum absolute atomic E-state index is 15.2. The third-order valence-electron chi connectivity index (χ3n) is 7.70. The summed E-state index contributed by atoms with van der Waals surface area (Å²) in [5.74, 6) is -7.25.